The molecule has 0 nitrogen and oxygen atoms in total. The molecule has 0 radical (unpaired) electrons. The first-order valence-corrected chi connectivity index (χ1v) is 10.8. The standard InChI is InChI=1S/C24H22Br2/c1-23(2)19-9-13-5-7-16(26)12-18(13)22(19)24(3,4)20-10-14-6-8-15(25)11-17(14)21(20)23/h5-9,11-12,22H,10H2,1-4H3. The van der Waals surface area contributed by atoms with Crippen LogP contribution in [0.25, 0.3) is 11.6 Å². The fourth-order valence-corrected chi connectivity index (χ4v) is 6.36. The number of fused-ring (bicyclic) bond motifs is 5. The summed E-state index contributed by atoms with van der Waals surface area (Å²) in [5.74, 6) is 0.460. The molecule has 0 saturated heterocycles. The fraction of sp³-hybridized carbons (Fsp3) is 0.333. The van der Waals surface area contributed by atoms with Gasteiger partial charge >= 0.3 is 0 Å². The van der Waals surface area contributed by atoms with E-state index in [1.54, 1.807) is 16.7 Å². The molecule has 0 amide bonds. The van der Waals surface area contributed by atoms with E-state index in [0.29, 0.717) is 5.92 Å². The first kappa shape index (κ1) is 17.0. The zero-order valence-electron chi connectivity index (χ0n) is 15.6. The lowest BCUT2D eigenvalue weighted by Gasteiger charge is -2.48. The molecule has 0 N–H and O–H groups in total. The number of halogens is 2. The first-order chi connectivity index (χ1) is 12.2. The minimum atomic E-state index is 0.0487. The van der Waals surface area contributed by atoms with Gasteiger partial charge in [-0.1, -0.05) is 88.9 Å². The van der Waals surface area contributed by atoms with Gasteiger partial charge < -0.3 is 0 Å². The van der Waals surface area contributed by atoms with Crippen LogP contribution in [0.4, 0.5) is 0 Å². The van der Waals surface area contributed by atoms with Gasteiger partial charge in [0.25, 0.3) is 0 Å². The molecule has 1 atom stereocenters. The molecule has 0 spiro atoms. The van der Waals surface area contributed by atoms with Gasteiger partial charge in [0, 0.05) is 20.3 Å². The summed E-state index contributed by atoms with van der Waals surface area (Å²) in [6, 6.07) is 13.6. The van der Waals surface area contributed by atoms with Crippen LogP contribution in [0.15, 0.2) is 56.5 Å². The molecular weight excluding hydrogens is 448 g/mol. The third-order valence-electron chi connectivity index (χ3n) is 6.84. The van der Waals surface area contributed by atoms with Crippen molar-refractivity contribution in [2.45, 2.75) is 40.0 Å². The van der Waals surface area contributed by atoms with Crippen molar-refractivity contribution in [3.8, 4) is 0 Å². The zero-order chi connectivity index (χ0) is 18.4. The Morgan fingerprint density at radius 2 is 1.62 bits per heavy atom. The minimum absolute atomic E-state index is 0.0487. The molecule has 0 aliphatic heterocycles. The quantitative estimate of drug-likeness (QED) is 0.369. The van der Waals surface area contributed by atoms with Crippen molar-refractivity contribution >= 4 is 43.5 Å². The fourth-order valence-electron chi connectivity index (χ4n) is 5.62. The molecule has 132 valence electrons. The summed E-state index contributed by atoms with van der Waals surface area (Å²) in [4.78, 5) is 0. The van der Waals surface area contributed by atoms with Gasteiger partial charge in [-0.05, 0) is 63.9 Å². The normalized spacial score (nSPS) is 23.9. The summed E-state index contributed by atoms with van der Waals surface area (Å²) in [6.45, 7) is 9.75. The van der Waals surface area contributed by atoms with Crippen LogP contribution in [0.3, 0.4) is 0 Å². The highest BCUT2D eigenvalue weighted by atomic mass is 79.9. The van der Waals surface area contributed by atoms with Crippen LogP contribution >= 0.6 is 31.9 Å². The van der Waals surface area contributed by atoms with E-state index >= 15 is 0 Å². The average molecular weight is 470 g/mol. The van der Waals surface area contributed by atoms with Crippen molar-refractivity contribution in [1.82, 2.24) is 0 Å². The summed E-state index contributed by atoms with van der Waals surface area (Å²) in [5.41, 5.74) is 10.7. The third kappa shape index (κ3) is 2.06. The lowest BCUT2D eigenvalue weighted by Crippen LogP contribution is -2.36. The Hall–Kier alpha value is -1.12. The molecule has 2 heteroatoms. The lowest BCUT2D eigenvalue weighted by molar-refractivity contribution is 0.328. The van der Waals surface area contributed by atoms with E-state index in [-0.39, 0.29) is 10.8 Å². The van der Waals surface area contributed by atoms with Crippen LogP contribution in [0, 0.1) is 10.8 Å². The maximum Gasteiger partial charge on any atom is 0.0181 e. The number of benzene rings is 2. The first-order valence-electron chi connectivity index (χ1n) is 9.25. The molecule has 0 bridgehead atoms. The van der Waals surface area contributed by atoms with Crippen molar-refractivity contribution in [3.63, 3.8) is 0 Å². The molecule has 1 unspecified atom stereocenters. The van der Waals surface area contributed by atoms with Crippen LogP contribution in [0.5, 0.6) is 0 Å². The molecule has 2 aromatic rings. The van der Waals surface area contributed by atoms with Gasteiger partial charge in [-0.15, -0.1) is 0 Å². The number of hydrogen-bond acceptors (Lipinski definition) is 0. The van der Waals surface area contributed by atoms with Gasteiger partial charge in [-0.3, -0.25) is 0 Å². The van der Waals surface area contributed by atoms with Gasteiger partial charge in [0.2, 0.25) is 0 Å². The number of hydrogen-bond donors (Lipinski definition) is 0. The summed E-state index contributed by atoms with van der Waals surface area (Å²) < 4.78 is 2.35. The number of allylic oxidation sites excluding steroid dienone is 3. The van der Waals surface area contributed by atoms with Gasteiger partial charge in [-0.2, -0.15) is 0 Å². The van der Waals surface area contributed by atoms with E-state index in [4.69, 9.17) is 0 Å². The maximum absolute atomic E-state index is 3.69. The smallest absolute Gasteiger partial charge is 0.0181 e. The Morgan fingerprint density at radius 1 is 0.923 bits per heavy atom. The molecule has 26 heavy (non-hydrogen) atoms. The van der Waals surface area contributed by atoms with Crippen LogP contribution in [-0.2, 0) is 6.42 Å². The minimum Gasteiger partial charge on any atom is -0.0570 e. The Balaban J connectivity index is 1.80. The SMILES string of the molecule is CC1(C)C2=Cc3ccc(Br)cc3C2C(C)(C)C2=C1c1cc(Br)ccc1C2. The Labute approximate surface area is 172 Å². The van der Waals surface area contributed by atoms with E-state index in [1.165, 1.54) is 31.2 Å². The topological polar surface area (TPSA) is 0 Å². The second kappa shape index (κ2) is 5.23. The van der Waals surface area contributed by atoms with Crippen LogP contribution in [0.1, 0.15) is 55.9 Å². The van der Waals surface area contributed by atoms with E-state index in [1.807, 2.05) is 0 Å². The second-order valence-corrected chi connectivity index (χ2v) is 10.8. The van der Waals surface area contributed by atoms with E-state index in [2.05, 4.69) is 102 Å². The second-order valence-electron chi connectivity index (χ2n) is 8.98. The van der Waals surface area contributed by atoms with Crippen molar-refractivity contribution in [2.75, 3.05) is 0 Å². The Morgan fingerprint density at radius 3 is 2.38 bits per heavy atom. The molecule has 0 saturated carbocycles. The predicted molar refractivity (Wildman–Crippen MR) is 117 cm³/mol. The highest BCUT2D eigenvalue weighted by Crippen LogP contribution is 2.67. The van der Waals surface area contributed by atoms with Crippen LogP contribution in [-0.4, -0.2) is 0 Å². The summed E-state index contributed by atoms with van der Waals surface area (Å²) >= 11 is 7.39. The molecule has 3 aliphatic carbocycles. The monoisotopic (exact) mass is 468 g/mol. The highest BCUT2D eigenvalue weighted by molar-refractivity contribution is 9.10. The maximum atomic E-state index is 3.69. The molecule has 2 aromatic carbocycles. The van der Waals surface area contributed by atoms with E-state index in [9.17, 15) is 0 Å². The molecular formula is C24H22Br2. The summed E-state index contributed by atoms with van der Waals surface area (Å²) in [5, 5.41) is 0. The highest BCUT2D eigenvalue weighted by Gasteiger charge is 2.53. The largest absolute Gasteiger partial charge is 0.0570 e. The van der Waals surface area contributed by atoms with Gasteiger partial charge in [0.15, 0.2) is 0 Å². The number of rotatable bonds is 0. The Bertz CT molecular complexity index is 1030. The van der Waals surface area contributed by atoms with E-state index in [0.717, 1.165) is 6.42 Å². The molecule has 0 aromatic heterocycles. The zero-order valence-corrected chi connectivity index (χ0v) is 18.8. The van der Waals surface area contributed by atoms with E-state index < -0.39 is 0 Å². The van der Waals surface area contributed by atoms with Crippen molar-refractivity contribution in [3.05, 3.63) is 78.7 Å². The van der Waals surface area contributed by atoms with Crippen LogP contribution < -0.4 is 0 Å². The molecule has 0 fully saturated rings. The van der Waals surface area contributed by atoms with Gasteiger partial charge in [-0.25, -0.2) is 0 Å². The molecule has 0 heterocycles. The van der Waals surface area contributed by atoms with Gasteiger partial charge in [0.05, 0.1) is 0 Å². The van der Waals surface area contributed by atoms with Crippen molar-refractivity contribution < 1.29 is 0 Å². The van der Waals surface area contributed by atoms with Crippen molar-refractivity contribution in [1.29, 1.82) is 0 Å². The summed E-state index contributed by atoms with van der Waals surface area (Å²) in [6.07, 6.45) is 3.55. The van der Waals surface area contributed by atoms with Crippen LogP contribution in [0.2, 0.25) is 0 Å². The van der Waals surface area contributed by atoms with Gasteiger partial charge in [0.1, 0.15) is 0 Å². The average Bonchev–Trinajstić information content (AvgIpc) is 3.13. The Kier molecular flexibility index (Phi) is 3.42. The van der Waals surface area contributed by atoms with Crippen molar-refractivity contribution in [2.24, 2.45) is 10.8 Å². The third-order valence-corrected chi connectivity index (χ3v) is 7.82. The lowest BCUT2D eigenvalue weighted by atomic mass is 9.55. The molecule has 3 aliphatic rings. The predicted octanol–water partition coefficient (Wildman–Crippen LogP) is 7.77. The summed E-state index contributed by atoms with van der Waals surface area (Å²) in [7, 11) is 0. The molecule has 5 rings (SSSR count).